The van der Waals surface area contributed by atoms with Crippen LogP contribution >= 0.6 is 0 Å². The van der Waals surface area contributed by atoms with Gasteiger partial charge in [0, 0.05) is 11.8 Å². The Morgan fingerprint density at radius 2 is 2.06 bits per heavy atom. The molecule has 0 amide bonds. The molecule has 0 aliphatic carbocycles. The molecule has 1 heterocycles. The van der Waals surface area contributed by atoms with Crippen molar-refractivity contribution in [2.24, 2.45) is 0 Å². The predicted octanol–water partition coefficient (Wildman–Crippen LogP) is 3.41. The molecule has 86 valence electrons. The Hall–Kier alpha value is -2.08. The van der Waals surface area contributed by atoms with E-state index in [2.05, 4.69) is 30.2 Å². The summed E-state index contributed by atoms with van der Waals surface area (Å²) in [5.74, 6) is 0. The van der Waals surface area contributed by atoms with Gasteiger partial charge in [0.2, 0.25) is 0 Å². The summed E-state index contributed by atoms with van der Waals surface area (Å²) in [4.78, 5) is 0. The average Bonchev–Trinajstić information content (AvgIpc) is 2.86. The molecular weight excluding hydrogens is 210 g/mol. The topological polar surface area (TPSA) is 41.6 Å². The van der Waals surface area contributed by atoms with E-state index in [1.54, 1.807) is 0 Å². The zero-order valence-electron chi connectivity index (χ0n) is 9.87. The molecule has 2 aromatic rings. The lowest BCUT2D eigenvalue weighted by atomic mass is 10.1. The molecule has 0 bridgehead atoms. The highest BCUT2D eigenvalue weighted by Crippen LogP contribution is 2.21. The van der Waals surface area contributed by atoms with Crippen LogP contribution in [0.2, 0.25) is 0 Å². The molecule has 0 N–H and O–H groups in total. The fourth-order valence-corrected chi connectivity index (χ4v) is 1.85. The molecule has 0 saturated carbocycles. The first-order valence-electron chi connectivity index (χ1n) is 5.81. The van der Waals surface area contributed by atoms with Crippen molar-refractivity contribution in [1.29, 1.82) is 5.26 Å². The molecule has 0 radical (unpaired) electrons. The average molecular weight is 225 g/mol. The lowest BCUT2D eigenvalue weighted by Crippen LogP contribution is -2.07. The van der Waals surface area contributed by atoms with E-state index in [1.165, 1.54) is 0 Å². The molecule has 1 aromatic carbocycles. The monoisotopic (exact) mass is 225 g/mol. The third-order valence-electron chi connectivity index (χ3n) is 2.88. The van der Waals surface area contributed by atoms with Gasteiger partial charge in [-0.2, -0.15) is 10.4 Å². The van der Waals surface area contributed by atoms with Gasteiger partial charge in [-0.05, 0) is 12.0 Å². The van der Waals surface area contributed by atoms with Crippen molar-refractivity contribution >= 4 is 0 Å². The first-order chi connectivity index (χ1) is 8.35. The number of hydrogen-bond acceptors (Lipinski definition) is 2. The molecular formula is C14H15N3. The Kier molecular flexibility index (Phi) is 3.56. The number of hydrogen-bond donors (Lipinski definition) is 0. The van der Waals surface area contributed by atoms with Crippen molar-refractivity contribution in [3.8, 4) is 17.2 Å². The van der Waals surface area contributed by atoms with Crippen LogP contribution in [0.15, 0.2) is 42.7 Å². The van der Waals surface area contributed by atoms with Crippen LogP contribution in [-0.4, -0.2) is 9.78 Å². The lowest BCUT2D eigenvalue weighted by molar-refractivity contribution is 0.448. The van der Waals surface area contributed by atoms with Gasteiger partial charge in [0.25, 0.3) is 0 Å². The number of rotatable bonds is 4. The van der Waals surface area contributed by atoms with Crippen LogP contribution in [0, 0.1) is 11.3 Å². The van der Waals surface area contributed by atoms with Crippen LogP contribution in [0.25, 0.3) is 11.1 Å². The Morgan fingerprint density at radius 3 is 2.71 bits per heavy atom. The summed E-state index contributed by atoms with van der Waals surface area (Å²) in [6.07, 6.45) is 5.30. The Balaban J connectivity index is 2.24. The van der Waals surface area contributed by atoms with Crippen molar-refractivity contribution in [3.05, 3.63) is 42.7 Å². The number of benzene rings is 1. The molecule has 17 heavy (non-hydrogen) atoms. The summed E-state index contributed by atoms with van der Waals surface area (Å²) in [5.41, 5.74) is 2.26. The van der Waals surface area contributed by atoms with E-state index in [0.29, 0.717) is 6.42 Å². The van der Waals surface area contributed by atoms with Gasteiger partial charge < -0.3 is 0 Å². The molecule has 1 atom stereocenters. The van der Waals surface area contributed by atoms with E-state index in [4.69, 9.17) is 5.26 Å². The number of aromatic nitrogens is 2. The van der Waals surface area contributed by atoms with Gasteiger partial charge in [0.1, 0.15) is 0 Å². The van der Waals surface area contributed by atoms with Gasteiger partial charge in [0.05, 0.1) is 24.7 Å². The second-order valence-corrected chi connectivity index (χ2v) is 4.00. The molecule has 2 rings (SSSR count). The molecule has 0 aliphatic heterocycles. The van der Waals surface area contributed by atoms with Gasteiger partial charge in [0.15, 0.2) is 0 Å². The quantitative estimate of drug-likeness (QED) is 0.800. The van der Waals surface area contributed by atoms with E-state index < -0.39 is 0 Å². The first kappa shape index (κ1) is 11.4. The molecule has 3 heteroatoms. The second kappa shape index (κ2) is 5.31. The van der Waals surface area contributed by atoms with E-state index in [9.17, 15) is 0 Å². The predicted molar refractivity (Wildman–Crippen MR) is 67.2 cm³/mol. The van der Waals surface area contributed by atoms with Crippen molar-refractivity contribution in [2.45, 2.75) is 25.8 Å². The lowest BCUT2D eigenvalue weighted by Gasteiger charge is -2.10. The van der Waals surface area contributed by atoms with E-state index in [0.717, 1.165) is 17.5 Å². The van der Waals surface area contributed by atoms with Crippen molar-refractivity contribution in [1.82, 2.24) is 9.78 Å². The third-order valence-corrected chi connectivity index (χ3v) is 2.88. The molecule has 1 unspecified atom stereocenters. The van der Waals surface area contributed by atoms with Crippen LogP contribution in [0.3, 0.4) is 0 Å². The SMILES string of the molecule is CCC(CC#N)n1cc(-c2ccccc2)cn1. The summed E-state index contributed by atoms with van der Waals surface area (Å²) in [6, 6.07) is 12.5. The number of nitrogens with zero attached hydrogens (tertiary/aromatic N) is 3. The smallest absolute Gasteiger partial charge is 0.0646 e. The third kappa shape index (κ3) is 2.54. The normalized spacial score (nSPS) is 12.0. The summed E-state index contributed by atoms with van der Waals surface area (Å²) in [6.45, 7) is 2.08. The van der Waals surface area contributed by atoms with Gasteiger partial charge in [-0.15, -0.1) is 0 Å². The van der Waals surface area contributed by atoms with Crippen LogP contribution in [0.1, 0.15) is 25.8 Å². The number of nitriles is 1. The van der Waals surface area contributed by atoms with Gasteiger partial charge >= 0.3 is 0 Å². The molecule has 3 nitrogen and oxygen atoms in total. The molecule has 0 fully saturated rings. The minimum atomic E-state index is 0.178. The summed E-state index contributed by atoms with van der Waals surface area (Å²) in [5, 5.41) is 13.1. The van der Waals surface area contributed by atoms with E-state index >= 15 is 0 Å². The zero-order chi connectivity index (χ0) is 12.1. The van der Waals surface area contributed by atoms with Crippen molar-refractivity contribution in [3.63, 3.8) is 0 Å². The minimum Gasteiger partial charge on any atom is -0.268 e. The molecule has 0 aliphatic rings. The van der Waals surface area contributed by atoms with Crippen LogP contribution < -0.4 is 0 Å². The maximum Gasteiger partial charge on any atom is 0.0646 e. The maximum absolute atomic E-state index is 8.76. The first-order valence-corrected chi connectivity index (χ1v) is 5.81. The van der Waals surface area contributed by atoms with E-state index in [1.807, 2.05) is 35.3 Å². The summed E-state index contributed by atoms with van der Waals surface area (Å²) >= 11 is 0. The largest absolute Gasteiger partial charge is 0.268 e. The van der Waals surface area contributed by atoms with E-state index in [-0.39, 0.29) is 6.04 Å². The summed E-state index contributed by atoms with van der Waals surface area (Å²) in [7, 11) is 0. The molecule has 0 saturated heterocycles. The fourth-order valence-electron chi connectivity index (χ4n) is 1.85. The Morgan fingerprint density at radius 1 is 1.29 bits per heavy atom. The highest BCUT2D eigenvalue weighted by atomic mass is 15.3. The maximum atomic E-state index is 8.76. The molecule has 0 spiro atoms. The van der Waals surface area contributed by atoms with Crippen LogP contribution in [0.5, 0.6) is 0 Å². The summed E-state index contributed by atoms with van der Waals surface area (Å²) < 4.78 is 1.89. The highest BCUT2D eigenvalue weighted by Gasteiger charge is 2.10. The van der Waals surface area contributed by atoms with Crippen LogP contribution in [0.4, 0.5) is 0 Å². The Labute approximate surface area is 101 Å². The second-order valence-electron chi connectivity index (χ2n) is 4.00. The van der Waals surface area contributed by atoms with Crippen molar-refractivity contribution < 1.29 is 0 Å². The fraction of sp³-hybridized carbons (Fsp3) is 0.286. The van der Waals surface area contributed by atoms with Crippen molar-refractivity contribution in [2.75, 3.05) is 0 Å². The molecule has 1 aromatic heterocycles. The Bertz CT molecular complexity index is 508. The van der Waals surface area contributed by atoms with Crippen LogP contribution in [-0.2, 0) is 0 Å². The highest BCUT2D eigenvalue weighted by molar-refractivity contribution is 5.61. The van der Waals surface area contributed by atoms with Gasteiger partial charge in [-0.25, -0.2) is 0 Å². The minimum absolute atomic E-state index is 0.178. The van der Waals surface area contributed by atoms with Gasteiger partial charge in [-0.1, -0.05) is 37.3 Å². The van der Waals surface area contributed by atoms with Gasteiger partial charge in [-0.3, -0.25) is 4.68 Å². The zero-order valence-corrected chi connectivity index (χ0v) is 9.87. The standard InChI is InChI=1S/C14H15N3/c1-2-14(8-9-15)17-11-13(10-16-17)12-6-4-3-5-7-12/h3-7,10-11,14H,2,8H2,1H3.